The molecule has 1 heterocycles. The number of hydrogen-bond donors (Lipinski definition) is 1. The van der Waals surface area contributed by atoms with E-state index in [9.17, 15) is 4.39 Å². The van der Waals surface area contributed by atoms with E-state index in [2.05, 4.69) is 30.0 Å². The average molecular weight is 288 g/mol. The van der Waals surface area contributed by atoms with Crippen molar-refractivity contribution in [1.29, 1.82) is 0 Å². The van der Waals surface area contributed by atoms with E-state index in [1.165, 1.54) is 6.07 Å². The molecule has 2 rings (SSSR count). The number of anilines is 1. The molecule has 0 atom stereocenters. The number of rotatable bonds is 2. The van der Waals surface area contributed by atoms with Crippen molar-refractivity contribution in [3.05, 3.63) is 28.5 Å². The van der Waals surface area contributed by atoms with E-state index in [-0.39, 0.29) is 5.82 Å². The second kappa shape index (κ2) is 4.24. The van der Waals surface area contributed by atoms with Crippen molar-refractivity contribution < 1.29 is 4.39 Å². The minimum Gasteiger partial charge on any atom is -0.370 e. The molecule has 0 aliphatic rings. The van der Waals surface area contributed by atoms with Gasteiger partial charge in [-0.2, -0.15) is 8.75 Å². The predicted molar refractivity (Wildman–Crippen MR) is 62.5 cm³/mol. The van der Waals surface area contributed by atoms with Crippen LogP contribution >= 0.6 is 27.7 Å². The zero-order valence-corrected chi connectivity index (χ0v) is 10.2. The smallest absolute Gasteiger partial charge is 0.167 e. The molecular weight excluding hydrogens is 281 g/mol. The predicted octanol–water partition coefficient (Wildman–Crippen LogP) is 3.15. The maximum absolute atomic E-state index is 13.5. The molecule has 1 aromatic carbocycles. The van der Waals surface area contributed by atoms with Crippen LogP contribution in [0.5, 0.6) is 0 Å². The molecule has 0 saturated carbocycles. The van der Waals surface area contributed by atoms with Crippen molar-refractivity contribution in [1.82, 2.24) is 8.75 Å². The maximum atomic E-state index is 13.5. The zero-order chi connectivity index (χ0) is 10.8. The summed E-state index contributed by atoms with van der Waals surface area (Å²) >= 11 is 4.35. The van der Waals surface area contributed by atoms with Crippen molar-refractivity contribution in [3.8, 4) is 11.3 Å². The van der Waals surface area contributed by atoms with E-state index in [1.54, 1.807) is 19.2 Å². The number of nitrogens with zero attached hydrogens (tertiary/aromatic N) is 2. The second-order valence-corrected chi connectivity index (χ2v) is 4.28. The van der Waals surface area contributed by atoms with Gasteiger partial charge < -0.3 is 5.32 Å². The van der Waals surface area contributed by atoms with Crippen LogP contribution in [0.3, 0.4) is 0 Å². The van der Waals surface area contributed by atoms with Gasteiger partial charge in [-0.25, -0.2) is 4.39 Å². The highest BCUT2D eigenvalue weighted by Crippen LogP contribution is 2.29. The molecule has 3 nitrogen and oxygen atoms in total. The van der Waals surface area contributed by atoms with Gasteiger partial charge in [0.2, 0.25) is 0 Å². The lowest BCUT2D eigenvalue weighted by Crippen LogP contribution is -1.92. The van der Waals surface area contributed by atoms with Gasteiger partial charge in [-0.05, 0) is 18.2 Å². The molecule has 0 unspecified atom stereocenters. The Bertz CT molecular complexity index is 486. The van der Waals surface area contributed by atoms with Gasteiger partial charge in [0.1, 0.15) is 11.5 Å². The molecule has 0 spiro atoms. The standard InChI is InChI=1S/C9H7BrFN3S/c1-12-9-8(13-15-14-9)6-4-5(10)2-3-7(6)11/h2-4H,1H3,(H,12,14). The molecule has 0 amide bonds. The molecule has 15 heavy (non-hydrogen) atoms. The van der Waals surface area contributed by atoms with Crippen LogP contribution in [-0.4, -0.2) is 15.8 Å². The van der Waals surface area contributed by atoms with Crippen LogP contribution in [0.2, 0.25) is 0 Å². The Kier molecular flexibility index (Phi) is 2.97. The highest BCUT2D eigenvalue weighted by molar-refractivity contribution is 9.10. The van der Waals surface area contributed by atoms with Gasteiger partial charge in [-0.3, -0.25) is 0 Å². The normalized spacial score (nSPS) is 10.3. The molecule has 78 valence electrons. The Hall–Kier alpha value is -1.01. The van der Waals surface area contributed by atoms with Crippen molar-refractivity contribution in [2.75, 3.05) is 12.4 Å². The Labute approximate surface area is 98.8 Å². The van der Waals surface area contributed by atoms with E-state index >= 15 is 0 Å². The molecule has 2 aromatic rings. The van der Waals surface area contributed by atoms with Gasteiger partial charge in [0.25, 0.3) is 0 Å². The van der Waals surface area contributed by atoms with Crippen molar-refractivity contribution in [3.63, 3.8) is 0 Å². The van der Waals surface area contributed by atoms with Crippen LogP contribution in [0.15, 0.2) is 22.7 Å². The lowest BCUT2D eigenvalue weighted by molar-refractivity contribution is 0.630. The Balaban J connectivity index is 2.58. The van der Waals surface area contributed by atoms with E-state index in [0.29, 0.717) is 17.1 Å². The van der Waals surface area contributed by atoms with Crippen LogP contribution < -0.4 is 5.32 Å². The monoisotopic (exact) mass is 287 g/mol. The minimum absolute atomic E-state index is 0.303. The lowest BCUT2D eigenvalue weighted by atomic mass is 10.1. The third-order valence-electron chi connectivity index (χ3n) is 1.91. The summed E-state index contributed by atoms with van der Waals surface area (Å²) in [5, 5.41) is 2.88. The lowest BCUT2D eigenvalue weighted by Gasteiger charge is -2.02. The summed E-state index contributed by atoms with van der Waals surface area (Å²) in [6.07, 6.45) is 0. The largest absolute Gasteiger partial charge is 0.370 e. The molecule has 0 saturated heterocycles. The minimum atomic E-state index is -0.303. The maximum Gasteiger partial charge on any atom is 0.167 e. The Morgan fingerprint density at radius 1 is 1.40 bits per heavy atom. The third-order valence-corrected chi connectivity index (χ3v) is 2.93. The molecule has 0 fully saturated rings. The van der Waals surface area contributed by atoms with Crippen LogP contribution in [-0.2, 0) is 0 Å². The topological polar surface area (TPSA) is 37.8 Å². The molecule has 0 aliphatic heterocycles. The molecule has 6 heteroatoms. The molecule has 1 N–H and O–H groups in total. The SMILES string of the molecule is CNc1nsnc1-c1cc(Br)ccc1F. The summed E-state index contributed by atoms with van der Waals surface area (Å²) in [5.41, 5.74) is 0.990. The zero-order valence-electron chi connectivity index (χ0n) is 7.79. The first kappa shape index (κ1) is 10.5. The number of nitrogens with one attached hydrogen (secondary N) is 1. The van der Waals surface area contributed by atoms with Crippen LogP contribution in [0.1, 0.15) is 0 Å². The quantitative estimate of drug-likeness (QED) is 0.922. The summed E-state index contributed by atoms with van der Waals surface area (Å²) in [7, 11) is 1.73. The van der Waals surface area contributed by atoms with Crippen LogP contribution in [0.4, 0.5) is 10.2 Å². The van der Waals surface area contributed by atoms with Crippen molar-refractivity contribution in [2.45, 2.75) is 0 Å². The first-order valence-corrected chi connectivity index (χ1v) is 5.70. The molecule has 0 radical (unpaired) electrons. The molecular formula is C9H7BrFN3S. The highest BCUT2D eigenvalue weighted by Gasteiger charge is 2.13. The number of aromatic nitrogens is 2. The van der Waals surface area contributed by atoms with E-state index in [1.807, 2.05) is 0 Å². The second-order valence-electron chi connectivity index (χ2n) is 2.84. The van der Waals surface area contributed by atoms with E-state index in [4.69, 9.17) is 0 Å². The molecule has 0 aliphatic carbocycles. The summed E-state index contributed by atoms with van der Waals surface area (Å²) in [4.78, 5) is 0. The molecule has 0 bridgehead atoms. The highest BCUT2D eigenvalue weighted by atomic mass is 79.9. The Morgan fingerprint density at radius 3 is 2.93 bits per heavy atom. The summed E-state index contributed by atoms with van der Waals surface area (Å²) < 4.78 is 22.4. The average Bonchev–Trinajstić information content (AvgIpc) is 2.69. The fourth-order valence-electron chi connectivity index (χ4n) is 1.21. The van der Waals surface area contributed by atoms with Crippen LogP contribution in [0, 0.1) is 5.82 Å². The fourth-order valence-corrected chi connectivity index (χ4v) is 2.14. The first-order valence-electron chi connectivity index (χ1n) is 4.18. The number of hydrogen-bond acceptors (Lipinski definition) is 4. The number of halogens is 2. The van der Waals surface area contributed by atoms with Crippen molar-refractivity contribution in [2.24, 2.45) is 0 Å². The first-order chi connectivity index (χ1) is 7.22. The van der Waals surface area contributed by atoms with E-state index in [0.717, 1.165) is 16.2 Å². The summed E-state index contributed by atoms with van der Waals surface area (Å²) in [6.45, 7) is 0. The number of benzene rings is 1. The van der Waals surface area contributed by atoms with Gasteiger partial charge in [-0.1, -0.05) is 15.9 Å². The fraction of sp³-hybridized carbons (Fsp3) is 0.111. The third kappa shape index (κ3) is 2.00. The van der Waals surface area contributed by atoms with Gasteiger partial charge >= 0.3 is 0 Å². The van der Waals surface area contributed by atoms with Gasteiger partial charge in [-0.15, -0.1) is 0 Å². The van der Waals surface area contributed by atoms with Gasteiger partial charge in [0.05, 0.1) is 11.7 Å². The van der Waals surface area contributed by atoms with E-state index < -0.39 is 0 Å². The Morgan fingerprint density at radius 2 is 2.20 bits per heavy atom. The van der Waals surface area contributed by atoms with Crippen molar-refractivity contribution >= 4 is 33.5 Å². The van der Waals surface area contributed by atoms with Crippen LogP contribution in [0.25, 0.3) is 11.3 Å². The van der Waals surface area contributed by atoms with Gasteiger partial charge in [0, 0.05) is 17.1 Å². The summed E-state index contributed by atoms with van der Waals surface area (Å²) in [5.74, 6) is 0.291. The van der Waals surface area contributed by atoms with Gasteiger partial charge in [0.15, 0.2) is 5.82 Å². The summed E-state index contributed by atoms with van der Waals surface area (Å²) in [6, 6.07) is 4.74. The molecule has 1 aromatic heterocycles.